The van der Waals surface area contributed by atoms with Crippen LogP contribution in [0.15, 0.2) is 18.2 Å². The van der Waals surface area contributed by atoms with E-state index in [1.165, 1.54) is 6.07 Å². The van der Waals surface area contributed by atoms with E-state index in [0.29, 0.717) is 11.1 Å². The lowest BCUT2D eigenvalue weighted by Crippen LogP contribution is -1.97. The summed E-state index contributed by atoms with van der Waals surface area (Å²) >= 11 is 0.740. The highest BCUT2D eigenvalue weighted by Crippen LogP contribution is 2.28. The maximum absolute atomic E-state index is 10.9. The van der Waals surface area contributed by atoms with E-state index >= 15 is 0 Å². The lowest BCUT2D eigenvalue weighted by Gasteiger charge is -2.01. The number of carboxylic acid groups (broad SMARTS) is 1. The molecular weight excluding hydrogens is 258 g/mol. The number of nitrogens with zero attached hydrogens (tertiary/aromatic N) is 3. The van der Waals surface area contributed by atoms with Gasteiger partial charge < -0.3 is 5.11 Å². The van der Waals surface area contributed by atoms with Crippen molar-refractivity contribution in [2.75, 3.05) is 0 Å². The van der Waals surface area contributed by atoms with Crippen LogP contribution < -0.4 is 0 Å². The number of aryl methyl sites for hydroxylation is 1. The van der Waals surface area contributed by atoms with E-state index in [0.717, 1.165) is 11.5 Å². The molecule has 0 aliphatic rings. The van der Waals surface area contributed by atoms with Gasteiger partial charge in [0.05, 0.1) is 4.92 Å². The van der Waals surface area contributed by atoms with Crippen LogP contribution in [0.2, 0.25) is 0 Å². The highest BCUT2D eigenvalue weighted by atomic mass is 32.1. The van der Waals surface area contributed by atoms with Crippen LogP contribution in [0.5, 0.6) is 0 Å². The summed E-state index contributed by atoms with van der Waals surface area (Å²) in [6.07, 6.45) is 0. The van der Waals surface area contributed by atoms with Gasteiger partial charge in [-0.1, -0.05) is 16.6 Å². The first-order valence-corrected chi connectivity index (χ1v) is 5.59. The van der Waals surface area contributed by atoms with E-state index < -0.39 is 10.9 Å². The van der Waals surface area contributed by atoms with Crippen molar-refractivity contribution >= 4 is 23.2 Å². The molecule has 1 N–H and O–H groups in total. The van der Waals surface area contributed by atoms with E-state index in [2.05, 4.69) is 9.59 Å². The number of hydrogen-bond donors (Lipinski definition) is 1. The average molecular weight is 265 g/mol. The number of rotatable bonds is 3. The Labute approximate surface area is 105 Å². The minimum Gasteiger partial charge on any atom is -0.477 e. The van der Waals surface area contributed by atoms with Crippen LogP contribution in [-0.2, 0) is 0 Å². The largest absolute Gasteiger partial charge is 0.477 e. The van der Waals surface area contributed by atoms with E-state index in [1.807, 2.05) is 0 Å². The van der Waals surface area contributed by atoms with Crippen LogP contribution in [0.25, 0.3) is 11.3 Å². The average Bonchev–Trinajstić information content (AvgIpc) is 2.78. The molecule has 0 saturated heterocycles. The van der Waals surface area contributed by atoms with Gasteiger partial charge in [0, 0.05) is 17.2 Å². The number of nitro benzene ring substituents is 1. The third-order valence-electron chi connectivity index (χ3n) is 2.36. The van der Waals surface area contributed by atoms with Crippen molar-refractivity contribution in [1.29, 1.82) is 0 Å². The topological polar surface area (TPSA) is 106 Å². The molecule has 18 heavy (non-hydrogen) atoms. The van der Waals surface area contributed by atoms with Gasteiger partial charge in [-0.3, -0.25) is 10.1 Å². The molecule has 0 amide bonds. The molecule has 0 atom stereocenters. The molecule has 0 radical (unpaired) electrons. The maximum Gasteiger partial charge on any atom is 0.349 e. The molecule has 0 saturated carbocycles. The Bertz CT molecular complexity index is 638. The van der Waals surface area contributed by atoms with Gasteiger partial charge in [-0.25, -0.2) is 4.79 Å². The van der Waals surface area contributed by atoms with Crippen LogP contribution in [0.3, 0.4) is 0 Å². The number of aromatic carboxylic acids is 1. The highest BCUT2D eigenvalue weighted by Gasteiger charge is 2.19. The van der Waals surface area contributed by atoms with E-state index in [4.69, 9.17) is 5.11 Å². The number of nitro groups is 1. The van der Waals surface area contributed by atoms with Gasteiger partial charge in [-0.2, -0.15) is 0 Å². The fraction of sp³-hybridized carbons (Fsp3) is 0.100. The fourth-order valence-electron chi connectivity index (χ4n) is 1.47. The predicted molar refractivity (Wildman–Crippen MR) is 63.7 cm³/mol. The zero-order chi connectivity index (χ0) is 13.3. The SMILES string of the molecule is Cc1ccc(-c2nnsc2C(=O)O)cc1[N+](=O)[O-]. The number of carbonyl (C=O) groups is 1. The second kappa shape index (κ2) is 4.49. The first kappa shape index (κ1) is 12.1. The summed E-state index contributed by atoms with van der Waals surface area (Å²) in [6.45, 7) is 1.61. The first-order chi connectivity index (χ1) is 8.50. The third kappa shape index (κ3) is 2.05. The van der Waals surface area contributed by atoms with Gasteiger partial charge in [0.25, 0.3) is 5.69 Å². The van der Waals surface area contributed by atoms with Gasteiger partial charge in [-0.05, 0) is 18.5 Å². The van der Waals surface area contributed by atoms with E-state index in [9.17, 15) is 14.9 Å². The maximum atomic E-state index is 10.9. The summed E-state index contributed by atoms with van der Waals surface area (Å²) in [7, 11) is 0. The second-order valence-corrected chi connectivity index (χ2v) is 4.27. The Hall–Kier alpha value is -2.35. The Morgan fingerprint density at radius 3 is 2.83 bits per heavy atom. The molecule has 0 aliphatic carbocycles. The second-order valence-electron chi connectivity index (χ2n) is 3.51. The Morgan fingerprint density at radius 1 is 1.50 bits per heavy atom. The third-order valence-corrected chi connectivity index (χ3v) is 3.08. The normalized spacial score (nSPS) is 10.3. The van der Waals surface area contributed by atoms with Crippen LogP contribution in [0.4, 0.5) is 5.69 Å². The fourth-order valence-corrected chi connectivity index (χ4v) is 2.00. The molecular formula is C10H7N3O4S. The number of aromatic nitrogens is 2. The zero-order valence-corrected chi connectivity index (χ0v) is 9.97. The standard InChI is InChI=1S/C10H7N3O4S/c1-5-2-3-6(4-7(5)13(16)17)8-9(10(14)15)18-12-11-8/h2-4H,1H3,(H,14,15). The Morgan fingerprint density at radius 2 is 2.22 bits per heavy atom. The summed E-state index contributed by atoms with van der Waals surface area (Å²) in [5.74, 6) is -1.15. The van der Waals surface area contributed by atoms with Crippen molar-refractivity contribution in [1.82, 2.24) is 9.59 Å². The minimum atomic E-state index is -1.15. The molecule has 1 aromatic carbocycles. The Kier molecular flexibility index (Phi) is 3.02. The monoisotopic (exact) mass is 265 g/mol. The summed E-state index contributed by atoms with van der Waals surface area (Å²) in [6, 6.07) is 4.45. The molecule has 1 heterocycles. The van der Waals surface area contributed by atoms with Gasteiger partial charge in [-0.15, -0.1) is 5.10 Å². The van der Waals surface area contributed by atoms with Gasteiger partial charge >= 0.3 is 5.97 Å². The van der Waals surface area contributed by atoms with E-state index in [-0.39, 0.29) is 16.3 Å². The van der Waals surface area contributed by atoms with Crippen molar-refractivity contribution in [2.45, 2.75) is 6.92 Å². The van der Waals surface area contributed by atoms with Crippen molar-refractivity contribution in [2.24, 2.45) is 0 Å². The molecule has 1 aromatic heterocycles. The molecule has 0 bridgehead atoms. The lowest BCUT2D eigenvalue weighted by atomic mass is 10.1. The lowest BCUT2D eigenvalue weighted by molar-refractivity contribution is -0.385. The zero-order valence-electron chi connectivity index (χ0n) is 9.15. The van der Waals surface area contributed by atoms with Crippen molar-refractivity contribution in [3.05, 3.63) is 38.8 Å². The van der Waals surface area contributed by atoms with E-state index in [1.54, 1.807) is 19.1 Å². The molecule has 0 fully saturated rings. The number of benzene rings is 1. The summed E-state index contributed by atoms with van der Waals surface area (Å²) < 4.78 is 3.56. The van der Waals surface area contributed by atoms with Gasteiger partial charge in [0.2, 0.25) is 0 Å². The first-order valence-electron chi connectivity index (χ1n) is 4.81. The number of hydrogen-bond acceptors (Lipinski definition) is 6. The molecule has 0 spiro atoms. The van der Waals surface area contributed by atoms with Crippen molar-refractivity contribution < 1.29 is 14.8 Å². The quantitative estimate of drug-likeness (QED) is 0.672. The van der Waals surface area contributed by atoms with Crippen LogP contribution in [-0.4, -0.2) is 25.6 Å². The predicted octanol–water partition coefficient (Wildman–Crippen LogP) is 2.12. The molecule has 92 valence electrons. The van der Waals surface area contributed by atoms with Crippen LogP contribution >= 0.6 is 11.5 Å². The summed E-state index contributed by atoms with van der Waals surface area (Å²) in [5, 5.41) is 23.5. The van der Waals surface area contributed by atoms with Gasteiger partial charge in [0.15, 0.2) is 4.88 Å². The van der Waals surface area contributed by atoms with Crippen molar-refractivity contribution in [3.63, 3.8) is 0 Å². The molecule has 2 aromatic rings. The molecule has 7 nitrogen and oxygen atoms in total. The smallest absolute Gasteiger partial charge is 0.349 e. The van der Waals surface area contributed by atoms with Crippen LogP contribution in [0, 0.1) is 17.0 Å². The molecule has 0 aliphatic heterocycles. The molecule has 8 heteroatoms. The van der Waals surface area contributed by atoms with Crippen molar-refractivity contribution in [3.8, 4) is 11.3 Å². The molecule has 2 rings (SSSR count). The highest BCUT2D eigenvalue weighted by molar-refractivity contribution is 7.08. The van der Waals surface area contributed by atoms with Crippen LogP contribution in [0.1, 0.15) is 15.2 Å². The van der Waals surface area contributed by atoms with Gasteiger partial charge in [0.1, 0.15) is 5.69 Å². The summed E-state index contributed by atoms with van der Waals surface area (Å²) in [5.41, 5.74) is 0.953. The molecule has 0 unspecified atom stereocenters. The Balaban J connectivity index is 2.58. The minimum absolute atomic E-state index is 0.0341. The number of carboxylic acids is 1. The summed E-state index contributed by atoms with van der Waals surface area (Å²) in [4.78, 5) is 21.2.